The zero-order valence-corrected chi connectivity index (χ0v) is 31.1. The van der Waals surface area contributed by atoms with E-state index >= 15 is 0 Å². The summed E-state index contributed by atoms with van der Waals surface area (Å²) in [6.07, 6.45) is 0.786. The molecular weight excluding hydrogens is 743 g/mol. The van der Waals surface area contributed by atoms with Crippen molar-refractivity contribution < 1.29 is 27.8 Å². The van der Waals surface area contributed by atoms with Crippen molar-refractivity contribution >= 4 is 61.7 Å². The SMILES string of the molecule is COc1cc(OCCc2c(CCNS(=O)(=O)Cc3ccc(Cl)c(Cl)c3)n(C(c3ccccc3)c3ccccc3)c3ccc(Cl)cc23)ccc1C(=O)O. The molecule has 0 atom stereocenters. The van der Waals surface area contributed by atoms with E-state index in [0.29, 0.717) is 34.2 Å². The minimum atomic E-state index is -3.75. The lowest BCUT2D eigenvalue weighted by Crippen LogP contribution is -2.28. The van der Waals surface area contributed by atoms with Gasteiger partial charge in [-0.15, -0.1) is 0 Å². The lowest BCUT2D eigenvalue weighted by atomic mass is 9.97. The molecule has 0 saturated heterocycles. The second-order valence-electron chi connectivity index (χ2n) is 12.1. The molecule has 8 nitrogen and oxygen atoms in total. The first kappa shape index (κ1) is 37.3. The van der Waals surface area contributed by atoms with Gasteiger partial charge in [0, 0.05) is 47.1 Å². The summed E-state index contributed by atoms with van der Waals surface area (Å²) in [6.45, 7) is 0.351. The highest BCUT2D eigenvalue weighted by Gasteiger charge is 2.26. The number of fused-ring (bicyclic) bond motifs is 1. The molecule has 5 aromatic carbocycles. The fraction of sp³-hybridized carbons (Fsp3) is 0.175. The Bertz CT molecular complexity index is 2280. The molecule has 6 rings (SSSR count). The van der Waals surface area contributed by atoms with E-state index in [-0.39, 0.29) is 41.3 Å². The summed E-state index contributed by atoms with van der Waals surface area (Å²) in [7, 11) is -2.34. The summed E-state index contributed by atoms with van der Waals surface area (Å²) in [5.74, 6) is -0.719. The molecular formula is C40H35Cl3N2O6S. The van der Waals surface area contributed by atoms with Gasteiger partial charge in [-0.3, -0.25) is 0 Å². The molecule has 0 aliphatic heterocycles. The molecule has 0 unspecified atom stereocenters. The van der Waals surface area contributed by atoms with Gasteiger partial charge in [0.15, 0.2) is 0 Å². The number of benzene rings is 5. The van der Waals surface area contributed by atoms with Crippen molar-refractivity contribution in [2.45, 2.75) is 24.6 Å². The molecule has 0 bridgehead atoms. The number of halogens is 3. The van der Waals surface area contributed by atoms with Gasteiger partial charge in [-0.05, 0) is 64.7 Å². The smallest absolute Gasteiger partial charge is 0.339 e. The molecule has 0 saturated carbocycles. The van der Waals surface area contributed by atoms with Crippen molar-refractivity contribution in [2.75, 3.05) is 20.3 Å². The summed E-state index contributed by atoms with van der Waals surface area (Å²) < 4.78 is 43.1. The van der Waals surface area contributed by atoms with E-state index in [1.165, 1.54) is 13.2 Å². The van der Waals surface area contributed by atoms with Gasteiger partial charge in [0.2, 0.25) is 10.0 Å². The number of hydrogen-bond acceptors (Lipinski definition) is 5. The van der Waals surface area contributed by atoms with Crippen LogP contribution in [0.4, 0.5) is 0 Å². The maximum Gasteiger partial charge on any atom is 0.339 e. The van der Waals surface area contributed by atoms with Crippen molar-refractivity contribution in [1.82, 2.24) is 9.29 Å². The second kappa shape index (κ2) is 16.4. The molecule has 2 N–H and O–H groups in total. The number of carboxylic acid groups (broad SMARTS) is 1. The first-order valence-corrected chi connectivity index (χ1v) is 19.2. The topological polar surface area (TPSA) is 107 Å². The lowest BCUT2D eigenvalue weighted by molar-refractivity contribution is 0.0693. The van der Waals surface area contributed by atoms with Crippen molar-refractivity contribution in [3.05, 3.63) is 164 Å². The molecule has 0 spiro atoms. The maximum absolute atomic E-state index is 13.3. The highest BCUT2D eigenvalue weighted by atomic mass is 35.5. The predicted molar refractivity (Wildman–Crippen MR) is 207 cm³/mol. The number of carbonyl (C=O) groups is 1. The van der Waals surface area contributed by atoms with E-state index in [1.807, 2.05) is 54.6 Å². The van der Waals surface area contributed by atoms with Gasteiger partial charge in [-0.2, -0.15) is 0 Å². The van der Waals surface area contributed by atoms with Crippen LogP contribution in [0.3, 0.4) is 0 Å². The van der Waals surface area contributed by atoms with Crippen LogP contribution in [-0.2, 0) is 28.6 Å². The number of sulfonamides is 1. The zero-order chi connectivity index (χ0) is 36.8. The average Bonchev–Trinajstić information content (AvgIpc) is 3.41. The predicted octanol–water partition coefficient (Wildman–Crippen LogP) is 9.23. The summed E-state index contributed by atoms with van der Waals surface area (Å²) in [6, 6.07) is 35.2. The Morgan fingerprint density at radius 1 is 0.827 bits per heavy atom. The van der Waals surface area contributed by atoms with Crippen LogP contribution in [0.5, 0.6) is 11.5 Å². The zero-order valence-electron chi connectivity index (χ0n) is 28.1. The van der Waals surface area contributed by atoms with Gasteiger partial charge in [-0.25, -0.2) is 17.9 Å². The average molecular weight is 778 g/mol. The fourth-order valence-corrected chi connectivity index (χ4v) is 8.07. The summed E-state index contributed by atoms with van der Waals surface area (Å²) in [5, 5.41) is 11.6. The summed E-state index contributed by atoms with van der Waals surface area (Å²) in [4.78, 5) is 11.6. The maximum atomic E-state index is 13.3. The van der Waals surface area contributed by atoms with Crippen LogP contribution >= 0.6 is 34.8 Å². The number of nitrogens with zero attached hydrogens (tertiary/aromatic N) is 1. The minimum Gasteiger partial charge on any atom is -0.496 e. The number of methoxy groups -OCH3 is 1. The van der Waals surface area contributed by atoms with E-state index in [0.717, 1.165) is 33.3 Å². The highest BCUT2D eigenvalue weighted by Crippen LogP contribution is 2.38. The quantitative estimate of drug-likeness (QED) is 0.108. The van der Waals surface area contributed by atoms with E-state index in [2.05, 4.69) is 33.6 Å². The molecule has 0 aliphatic rings. The van der Waals surface area contributed by atoms with Gasteiger partial charge in [-0.1, -0.05) is 102 Å². The number of aromatic carboxylic acids is 1. The van der Waals surface area contributed by atoms with Crippen LogP contribution in [0.1, 0.15) is 44.3 Å². The number of aromatic nitrogens is 1. The molecule has 0 amide bonds. The van der Waals surface area contributed by atoms with Gasteiger partial charge >= 0.3 is 5.97 Å². The summed E-state index contributed by atoms with van der Waals surface area (Å²) >= 11 is 18.8. The highest BCUT2D eigenvalue weighted by molar-refractivity contribution is 7.88. The largest absolute Gasteiger partial charge is 0.496 e. The number of nitrogens with one attached hydrogen (secondary N) is 1. The molecule has 268 valence electrons. The van der Waals surface area contributed by atoms with E-state index in [9.17, 15) is 18.3 Å². The molecule has 6 aromatic rings. The standard InChI is InChI=1S/C40H35Cl3N2O6S/c1-50-38-24-30(14-15-32(38)40(46)47)51-21-19-31-33-23-29(41)13-17-36(33)45(39(27-8-4-2-5-9-27)28-10-6-3-7-11-28)37(31)18-20-44-52(48,49)25-26-12-16-34(42)35(43)22-26/h2-17,22-24,39,44H,18-21,25H2,1H3,(H,46,47). The number of rotatable bonds is 15. The van der Waals surface area contributed by atoms with Crippen LogP contribution in [0.15, 0.2) is 115 Å². The van der Waals surface area contributed by atoms with E-state index < -0.39 is 16.0 Å². The first-order valence-electron chi connectivity index (χ1n) is 16.4. The van der Waals surface area contributed by atoms with Crippen LogP contribution < -0.4 is 14.2 Å². The van der Waals surface area contributed by atoms with Gasteiger partial charge in [0.05, 0.1) is 35.6 Å². The van der Waals surface area contributed by atoms with E-state index in [1.54, 1.807) is 30.3 Å². The number of carboxylic acids is 1. The molecule has 1 heterocycles. The summed E-state index contributed by atoms with van der Waals surface area (Å²) in [5.41, 5.74) is 5.44. The Labute approximate surface area is 317 Å². The number of ether oxygens (including phenoxy) is 2. The van der Waals surface area contributed by atoms with E-state index in [4.69, 9.17) is 44.3 Å². The van der Waals surface area contributed by atoms with Crippen LogP contribution in [0.25, 0.3) is 10.9 Å². The van der Waals surface area contributed by atoms with Crippen molar-refractivity contribution in [2.24, 2.45) is 0 Å². The monoisotopic (exact) mass is 776 g/mol. The van der Waals surface area contributed by atoms with Crippen LogP contribution in [0.2, 0.25) is 15.1 Å². The first-order chi connectivity index (χ1) is 25.0. The van der Waals surface area contributed by atoms with Crippen LogP contribution in [0, 0.1) is 0 Å². The normalized spacial score (nSPS) is 11.6. The Balaban J connectivity index is 1.40. The Morgan fingerprint density at radius 2 is 1.52 bits per heavy atom. The Morgan fingerprint density at radius 3 is 2.15 bits per heavy atom. The number of hydrogen-bond donors (Lipinski definition) is 2. The molecule has 12 heteroatoms. The second-order valence-corrected chi connectivity index (χ2v) is 15.2. The lowest BCUT2D eigenvalue weighted by Gasteiger charge is -2.25. The Kier molecular flexibility index (Phi) is 11.8. The van der Waals surface area contributed by atoms with Gasteiger partial charge < -0.3 is 19.1 Å². The van der Waals surface area contributed by atoms with Crippen LogP contribution in [-0.4, -0.2) is 44.3 Å². The molecule has 0 radical (unpaired) electrons. The van der Waals surface area contributed by atoms with Gasteiger partial charge in [0.25, 0.3) is 0 Å². The molecule has 0 aliphatic carbocycles. The molecule has 1 aromatic heterocycles. The minimum absolute atomic E-state index is 0.0318. The van der Waals surface area contributed by atoms with Crippen molar-refractivity contribution in [3.63, 3.8) is 0 Å². The molecule has 52 heavy (non-hydrogen) atoms. The fourth-order valence-electron chi connectivity index (χ4n) is 6.45. The van der Waals surface area contributed by atoms with Crippen molar-refractivity contribution in [1.29, 1.82) is 0 Å². The third-order valence-electron chi connectivity index (χ3n) is 8.72. The van der Waals surface area contributed by atoms with Gasteiger partial charge in [0.1, 0.15) is 17.1 Å². The third kappa shape index (κ3) is 8.57. The Hall–Kier alpha value is -4.51. The third-order valence-corrected chi connectivity index (χ3v) is 11.1. The molecule has 0 fully saturated rings. The van der Waals surface area contributed by atoms with Crippen molar-refractivity contribution in [3.8, 4) is 11.5 Å².